The Hall–Kier alpha value is -0.880. The smallest absolute Gasteiger partial charge is 0.234 e. The highest BCUT2D eigenvalue weighted by atomic mass is 35.5. The van der Waals surface area contributed by atoms with Gasteiger partial charge in [0.05, 0.1) is 0 Å². The summed E-state index contributed by atoms with van der Waals surface area (Å²) in [6.07, 6.45) is 1.55. The van der Waals surface area contributed by atoms with Crippen molar-refractivity contribution in [3.63, 3.8) is 0 Å². The van der Waals surface area contributed by atoms with Gasteiger partial charge < -0.3 is 5.32 Å². The van der Waals surface area contributed by atoms with E-state index in [1.807, 2.05) is 0 Å². The van der Waals surface area contributed by atoms with Crippen LogP contribution in [-0.4, -0.2) is 27.5 Å². The first-order valence-electron chi connectivity index (χ1n) is 5.22. The minimum absolute atomic E-state index is 0.00914. The van der Waals surface area contributed by atoms with Gasteiger partial charge in [-0.2, -0.15) is 0 Å². The second kappa shape index (κ2) is 5.18. The Morgan fingerprint density at radius 1 is 1.29 bits per heavy atom. The van der Waals surface area contributed by atoms with E-state index in [0.29, 0.717) is 18.1 Å². The zero-order valence-electron chi connectivity index (χ0n) is 9.06. The molecule has 0 bridgehead atoms. The Morgan fingerprint density at radius 2 is 1.94 bits per heavy atom. The lowest BCUT2D eigenvalue weighted by atomic mass is 10.2. The topological polar surface area (TPSA) is 58.2 Å². The van der Waals surface area contributed by atoms with Crippen molar-refractivity contribution in [3.8, 4) is 0 Å². The van der Waals surface area contributed by atoms with E-state index in [2.05, 4.69) is 10.0 Å². The lowest BCUT2D eigenvalue weighted by molar-refractivity contribution is 0.412. The molecule has 1 aromatic rings. The van der Waals surface area contributed by atoms with Crippen LogP contribution in [-0.2, 0) is 10.0 Å². The maximum Gasteiger partial charge on any atom is 0.234 e. The highest BCUT2D eigenvalue weighted by Crippen LogP contribution is 2.11. The SMILES string of the molecule is O=S(=O)(C=Cc1ccc(Cl)cc1)NC1CNC1. The highest BCUT2D eigenvalue weighted by Gasteiger charge is 2.20. The monoisotopic (exact) mass is 272 g/mol. The molecule has 0 aliphatic carbocycles. The van der Waals surface area contributed by atoms with Crippen molar-refractivity contribution in [2.45, 2.75) is 6.04 Å². The summed E-state index contributed by atoms with van der Waals surface area (Å²) in [5.74, 6) is 0. The van der Waals surface area contributed by atoms with E-state index in [-0.39, 0.29) is 6.04 Å². The Bertz CT molecular complexity index is 507. The Labute approximate surface area is 106 Å². The van der Waals surface area contributed by atoms with E-state index in [1.54, 1.807) is 30.3 Å². The maximum absolute atomic E-state index is 11.6. The van der Waals surface area contributed by atoms with Crippen LogP contribution in [0.5, 0.6) is 0 Å². The van der Waals surface area contributed by atoms with Gasteiger partial charge in [-0.15, -0.1) is 0 Å². The van der Waals surface area contributed by atoms with Gasteiger partial charge in [-0.05, 0) is 23.8 Å². The largest absolute Gasteiger partial charge is 0.313 e. The van der Waals surface area contributed by atoms with Crippen LogP contribution >= 0.6 is 11.6 Å². The van der Waals surface area contributed by atoms with Crippen molar-refractivity contribution in [1.82, 2.24) is 10.0 Å². The van der Waals surface area contributed by atoms with Gasteiger partial charge in [-0.3, -0.25) is 0 Å². The molecule has 92 valence electrons. The van der Waals surface area contributed by atoms with E-state index >= 15 is 0 Å². The third-order valence-electron chi connectivity index (χ3n) is 2.42. The van der Waals surface area contributed by atoms with Crippen LogP contribution in [0.1, 0.15) is 5.56 Å². The van der Waals surface area contributed by atoms with Crippen LogP contribution in [0.4, 0.5) is 0 Å². The van der Waals surface area contributed by atoms with Gasteiger partial charge in [-0.1, -0.05) is 23.7 Å². The zero-order valence-corrected chi connectivity index (χ0v) is 10.6. The third kappa shape index (κ3) is 3.81. The normalized spacial score (nSPS) is 17.2. The average Bonchev–Trinajstić information content (AvgIpc) is 2.23. The van der Waals surface area contributed by atoms with Crippen LogP contribution in [0.2, 0.25) is 5.02 Å². The lowest BCUT2D eigenvalue weighted by Crippen LogP contribution is -2.56. The highest BCUT2D eigenvalue weighted by molar-refractivity contribution is 7.92. The molecule has 0 radical (unpaired) electrons. The molecule has 0 unspecified atom stereocenters. The molecule has 1 aliphatic rings. The van der Waals surface area contributed by atoms with Crippen LogP contribution < -0.4 is 10.0 Å². The van der Waals surface area contributed by atoms with Gasteiger partial charge in [-0.25, -0.2) is 13.1 Å². The van der Waals surface area contributed by atoms with Crippen LogP contribution in [0, 0.1) is 0 Å². The first-order chi connectivity index (χ1) is 8.05. The summed E-state index contributed by atoms with van der Waals surface area (Å²) < 4.78 is 25.8. The fourth-order valence-electron chi connectivity index (χ4n) is 1.39. The Morgan fingerprint density at radius 3 is 2.47 bits per heavy atom. The number of benzene rings is 1. The van der Waals surface area contributed by atoms with Crippen molar-refractivity contribution >= 4 is 27.7 Å². The van der Waals surface area contributed by atoms with E-state index in [0.717, 1.165) is 5.56 Å². The van der Waals surface area contributed by atoms with Gasteiger partial charge in [0.1, 0.15) is 0 Å². The second-order valence-corrected chi connectivity index (χ2v) is 5.91. The number of hydrogen-bond acceptors (Lipinski definition) is 3. The molecule has 4 nitrogen and oxygen atoms in total. The van der Waals surface area contributed by atoms with Crippen molar-refractivity contribution in [2.24, 2.45) is 0 Å². The molecule has 1 aromatic carbocycles. The molecule has 0 spiro atoms. The molecule has 2 rings (SSSR count). The fourth-order valence-corrected chi connectivity index (χ4v) is 2.56. The van der Waals surface area contributed by atoms with Crippen molar-refractivity contribution in [1.29, 1.82) is 0 Å². The zero-order chi connectivity index (χ0) is 12.3. The second-order valence-electron chi connectivity index (χ2n) is 3.87. The molecule has 1 saturated heterocycles. The van der Waals surface area contributed by atoms with Crippen molar-refractivity contribution in [3.05, 3.63) is 40.3 Å². The average molecular weight is 273 g/mol. The molecule has 6 heteroatoms. The molecule has 1 heterocycles. The number of nitrogens with one attached hydrogen (secondary N) is 2. The van der Waals surface area contributed by atoms with Crippen molar-refractivity contribution < 1.29 is 8.42 Å². The minimum atomic E-state index is -3.35. The Balaban J connectivity index is 2.01. The standard InChI is InChI=1S/C11H13ClN2O2S/c12-10-3-1-9(2-4-10)5-6-17(15,16)14-11-7-13-8-11/h1-6,11,13-14H,7-8H2. The molecule has 0 saturated carbocycles. The summed E-state index contributed by atoms with van der Waals surface area (Å²) >= 11 is 5.74. The maximum atomic E-state index is 11.6. The summed E-state index contributed by atoms with van der Waals surface area (Å²) in [4.78, 5) is 0. The van der Waals surface area contributed by atoms with Crippen LogP contribution in [0.3, 0.4) is 0 Å². The summed E-state index contributed by atoms with van der Waals surface area (Å²) in [7, 11) is -3.35. The number of rotatable bonds is 4. The van der Waals surface area contributed by atoms with Crippen molar-refractivity contribution in [2.75, 3.05) is 13.1 Å². The molecule has 0 atom stereocenters. The molecular weight excluding hydrogens is 260 g/mol. The molecule has 0 amide bonds. The number of sulfonamides is 1. The Kier molecular flexibility index (Phi) is 3.83. The lowest BCUT2D eigenvalue weighted by Gasteiger charge is -2.26. The first kappa shape index (κ1) is 12.6. The summed E-state index contributed by atoms with van der Waals surface area (Å²) in [6.45, 7) is 1.38. The summed E-state index contributed by atoms with van der Waals surface area (Å²) in [5, 5.41) is 4.80. The molecule has 0 aromatic heterocycles. The van der Waals surface area contributed by atoms with Crippen LogP contribution in [0.15, 0.2) is 29.7 Å². The van der Waals surface area contributed by atoms with Gasteiger partial charge in [0.2, 0.25) is 10.0 Å². The quantitative estimate of drug-likeness (QED) is 0.866. The van der Waals surface area contributed by atoms with Gasteiger partial charge in [0, 0.05) is 29.6 Å². The van der Waals surface area contributed by atoms with Gasteiger partial charge in [0.15, 0.2) is 0 Å². The van der Waals surface area contributed by atoms with E-state index in [9.17, 15) is 8.42 Å². The summed E-state index contributed by atoms with van der Waals surface area (Å²) in [5.41, 5.74) is 0.798. The summed E-state index contributed by atoms with van der Waals surface area (Å²) in [6, 6.07) is 6.97. The molecule has 17 heavy (non-hydrogen) atoms. The van der Waals surface area contributed by atoms with Gasteiger partial charge in [0.25, 0.3) is 0 Å². The fraction of sp³-hybridized carbons (Fsp3) is 0.273. The first-order valence-corrected chi connectivity index (χ1v) is 7.14. The molecule has 1 fully saturated rings. The predicted molar refractivity (Wildman–Crippen MR) is 69.2 cm³/mol. The third-order valence-corrected chi connectivity index (χ3v) is 3.83. The van der Waals surface area contributed by atoms with Gasteiger partial charge >= 0.3 is 0 Å². The molecular formula is C11H13ClN2O2S. The van der Waals surface area contributed by atoms with E-state index < -0.39 is 10.0 Å². The number of halogens is 1. The number of hydrogen-bond donors (Lipinski definition) is 2. The van der Waals surface area contributed by atoms with E-state index in [1.165, 1.54) is 5.41 Å². The van der Waals surface area contributed by atoms with E-state index in [4.69, 9.17) is 11.6 Å². The van der Waals surface area contributed by atoms with Crippen LogP contribution in [0.25, 0.3) is 6.08 Å². The predicted octanol–water partition coefficient (Wildman–Crippen LogP) is 1.20. The molecule has 1 aliphatic heterocycles. The minimum Gasteiger partial charge on any atom is -0.313 e. The molecule has 2 N–H and O–H groups in total.